The third-order valence-electron chi connectivity index (χ3n) is 5.80. The predicted molar refractivity (Wildman–Crippen MR) is 116 cm³/mol. The van der Waals surface area contributed by atoms with Crippen LogP contribution in [-0.4, -0.2) is 61.0 Å². The third kappa shape index (κ3) is 6.61. The summed E-state index contributed by atoms with van der Waals surface area (Å²) in [7, 11) is 2.20. The second kappa shape index (κ2) is 11.2. The van der Waals surface area contributed by atoms with Gasteiger partial charge in [0.1, 0.15) is 6.04 Å². The summed E-state index contributed by atoms with van der Waals surface area (Å²) in [5.41, 5.74) is 8.20. The molecule has 1 aromatic rings. The Morgan fingerprint density at radius 3 is 2.15 bits per heavy atom. The highest BCUT2D eigenvalue weighted by Gasteiger charge is 2.28. The molecule has 2 heterocycles. The number of hydrogen-bond donors (Lipinski definition) is 2. The highest BCUT2D eigenvalue weighted by atomic mass is 35.5. The Labute approximate surface area is 175 Å². The lowest BCUT2D eigenvalue weighted by atomic mass is 9.97. The maximum absolute atomic E-state index is 12.5. The SMILES string of the molecule is Cc1ccc(C(N)C(=O)NC2CCN(C3CCN(C)CC3)CC2)cc1.Cl.Cl. The van der Waals surface area contributed by atoms with Gasteiger partial charge in [-0.3, -0.25) is 4.79 Å². The molecule has 0 saturated carbocycles. The molecule has 1 aromatic carbocycles. The van der Waals surface area contributed by atoms with Crippen molar-refractivity contribution in [2.75, 3.05) is 33.2 Å². The van der Waals surface area contributed by atoms with E-state index in [4.69, 9.17) is 5.73 Å². The summed E-state index contributed by atoms with van der Waals surface area (Å²) >= 11 is 0. The smallest absolute Gasteiger partial charge is 0.241 e. The molecule has 3 rings (SSSR count). The average molecular weight is 417 g/mol. The number of rotatable bonds is 4. The first-order valence-electron chi connectivity index (χ1n) is 9.58. The van der Waals surface area contributed by atoms with Gasteiger partial charge in [0.05, 0.1) is 0 Å². The van der Waals surface area contributed by atoms with Crippen molar-refractivity contribution in [2.24, 2.45) is 5.73 Å². The maximum Gasteiger partial charge on any atom is 0.241 e. The van der Waals surface area contributed by atoms with Crippen LogP contribution in [0.25, 0.3) is 0 Å². The Morgan fingerprint density at radius 2 is 1.59 bits per heavy atom. The van der Waals surface area contributed by atoms with Gasteiger partial charge in [-0.1, -0.05) is 29.8 Å². The fourth-order valence-corrected chi connectivity index (χ4v) is 3.99. The summed E-state index contributed by atoms with van der Waals surface area (Å²) in [6.07, 6.45) is 4.59. The number of halogens is 2. The van der Waals surface area contributed by atoms with Crippen LogP contribution < -0.4 is 11.1 Å². The monoisotopic (exact) mass is 416 g/mol. The Morgan fingerprint density at radius 1 is 1.04 bits per heavy atom. The Bertz CT molecular complexity index is 568. The second-order valence-corrected chi connectivity index (χ2v) is 7.74. The quantitative estimate of drug-likeness (QED) is 0.791. The van der Waals surface area contributed by atoms with E-state index in [0.717, 1.165) is 37.5 Å². The number of benzene rings is 1. The zero-order chi connectivity index (χ0) is 17.8. The molecule has 154 valence electrons. The molecule has 1 atom stereocenters. The number of nitrogens with one attached hydrogen (secondary N) is 1. The summed E-state index contributed by atoms with van der Waals surface area (Å²) in [5.74, 6) is -0.0541. The maximum atomic E-state index is 12.5. The number of nitrogens with two attached hydrogens (primary N) is 1. The van der Waals surface area contributed by atoms with Crippen molar-refractivity contribution >= 4 is 30.7 Å². The van der Waals surface area contributed by atoms with E-state index >= 15 is 0 Å². The number of nitrogens with zero attached hydrogens (tertiary/aromatic N) is 2. The lowest BCUT2D eigenvalue weighted by molar-refractivity contribution is -0.123. The fraction of sp³-hybridized carbons (Fsp3) is 0.650. The molecule has 0 aromatic heterocycles. The van der Waals surface area contributed by atoms with Gasteiger partial charge in [0.25, 0.3) is 0 Å². The van der Waals surface area contributed by atoms with Crippen molar-refractivity contribution in [3.05, 3.63) is 35.4 Å². The van der Waals surface area contributed by atoms with Crippen LogP contribution in [0.15, 0.2) is 24.3 Å². The second-order valence-electron chi connectivity index (χ2n) is 7.74. The van der Waals surface area contributed by atoms with Crippen LogP contribution in [0.1, 0.15) is 42.9 Å². The normalized spacial score (nSPS) is 21.0. The number of likely N-dealkylation sites (tertiary alicyclic amines) is 2. The first-order chi connectivity index (χ1) is 12.0. The van der Waals surface area contributed by atoms with Crippen molar-refractivity contribution in [3.63, 3.8) is 0 Å². The molecule has 27 heavy (non-hydrogen) atoms. The summed E-state index contributed by atoms with van der Waals surface area (Å²) in [4.78, 5) is 17.5. The van der Waals surface area contributed by atoms with E-state index in [9.17, 15) is 4.79 Å². The highest BCUT2D eigenvalue weighted by molar-refractivity contribution is 5.85. The zero-order valence-electron chi connectivity index (χ0n) is 16.4. The van der Waals surface area contributed by atoms with Crippen molar-refractivity contribution in [1.29, 1.82) is 0 Å². The van der Waals surface area contributed by atoms with Crippen LogP contribution in [0.5, 0.6) is 0 Å². The summed E-state index contributed by atoms with van der Waals surface area (Å²) < 4.78 is 0. The third-order valence-corrected chi connectivity index (χ3v) is 5.80. The highest BCUT2D eigenvalue weighted by Crippen LogP contribution is 2.21. The molecule has 2 aliphatic rings. The zero-order valence-corrected chi connectivity index (χ0v) is 18.0. The molecule has 5 nitrogen and oxygen atoms in total. The first-order valence-corrected chi connectivity index (χ1v) is 9.58. The number of piperidine rings is 2. The molecule has 1 unspecified atom stereocenters. The van der Waals surface area contributed by atoms with Gasteiger partial charge in [0.2, 0.25) is 5.91 Å². The lowest BCUT2D eigenvalue weighted by Crippen LogP contribution is -2.51. The number of amides is 1. The van der Waals surface area contributed by atoms with E-state index in [2.05, 4.69) is 22.2 Å². The molecule has 7 heteroatoms. The predicted octanol–water partition coefficient (Wildman–Crippen LogP) is 2.51. The molecule has 0 aliphatic carbocycles. The summed E-state index contributed by atoms with van der Waals surface area (Å²) in [6, 6.07) is 8.30. The Hall–Kier alpha value is -0.850. The van der Waals surface area contributed by atoms with Crippen molar-refractivity contribution < 1.29 is 4.79 Å². The van der Waals surface area contributed by atoms with Gasteiger partial charge in [-0.15, -0.1) is 24.8 Å². The molecule has 3 N–H and O–H groups in total. The summed E-state index contributed by atoms with van der Waals surface area (Å²) in [5, 5.41) is 3.16. The van der Waals surface area contributed by atoms with Gasteiger partial charge in [-0.2, -0.15) is 0 Å². The van der Waals surface area contributed by atoms with Gasteiger partial charge in [-0.25, -0.2) is 0 Å². The van der Waals surface area contributed by atoms with E-state index in [-0.39, 0.29) is 36.8 Å². The van der Waals surface area contributed by atoms with E-state index in [0.29, 0.717) is 0 Å². The number of carbonyl (C=O) groups is 1. The van der Waals surface area contributed by atoms with Gasteiger partial charge in [0, 0.05) is 25.2 Å². The van der Waals surface area contributed by atoms with Crippen LogP contribution in [0.3, 0.4) is 0 Å². The van der Waals surface area contributed by atoms with Crippen LogP contribution in [0.2, 0.25) is 0 Å². The van der Waals surface area contributed by atoms with Gasteiger partial charge in [-0.05, 0) is 58.3 Å². The molecule has 0 bridgehead atoms. The Balaban J connectivity index is 0.00000182. The molecule has 2 aliphatic heterocycles. The molecule has 1 amide bonds. The van der Waals surface area contributed by atoms with Gasteiger partial charge >= 0.3 is 0 Å². The minimum Gasteiger partial charge on any atom is -0.352 e. The summed E-state index contributed by atoms with van der Waals surface area (Å²) in [6.45, 7) is 6.60. The van der Waals surface area contributed by atoms with E-state index in [1.54, 1.807) is 0 Å². The van der Waals surface area contributed by atoms with Crippen LogP contribution in [-0.2, 0) is 4.79 Å². The van der Waals surface area contributed by atoms with Crippen molar-refractivity contribution in [3.8, 4) is 0 Å². The van der Waals surface area contributed by atoms with E-state index < -0.39 is 6.04 Å². The van der Waals surface area contributed by atoms with Crippen LogP contribution in [0.4, 0.5) is 0 Å². The van der Waals surface area contributed by atoms with E-state index in [1.807, 2.05) is 31.2 Å². The average Bonchev–Trinajstić information content (AvgIpc) is 2.63. The van der Waals surface area contributed by atoms with E-state index in [1.165, 1.54) is 31.5 Å². The lowest BCUT2D eigenvalue weighted by Gasteiger charge is -2.41. The minimum atomic E-state index is -0.576. The molecule has 0 spiro atoms. The number of carbonyl (C=O) groups excluding carboxylic acids is 1. The number of aryl methyl sites for hydroxylation is 1. The number of hydrogen-bond acceptors (Lipinski definition) is 4. The fourth-order valence-electron chi connectivity index (χ4n) is 3.99. The topological polar surface area (TPSA) is 61.6 Å². The van der Waals surface area contributed by atoms with Crippen LogP contribution >= 0.6 is 24.8 Å². The minimum absolute atomic E-state index is 0. The molecule has 2 fully saturated rings. The van der Waals surface area contributed by atoms with Crippen molar-refractivity contribution in [2.45, 2.75) is 50.7 Å². The molecule has 2 saturated heterocycles. The van der Waals surface area contributed by atoms with Gasteiger partial charge < -0.3 is 20.9 Å². The molecule has 0 radical (unpaired) electrons. The Kier molecular flexibility index (Phi) is 10.1. The van der Waals surface area contributed by atoms with Crippen LogP contribution in [0, 0.1) is 6.92 Å². The molecular formula is C20H34Cl2N4O. The largest absolute Gasteiger partial charge is 0.352 e. The standard InChI is InChI=1S/C20H32N4O.2ClH/c1-15-3-5-16(6-4-15)19(21)20(25)22-17-7-13-24(14-8-17)18-9-11-23(2)12-10-18;;/h3-6,17-19H,7-14,21H2,1-2H3,(H,22,25);2*1H. The van der Waals surface area contributed by atoms with Gasteiger partial charge in [0.15, 0.2) is 0 Å². The van der Waals surface area contributed by atoms with Crippen molar-refractivity contribution in [1.82, 2.24) is 15.1 Å². The molecular weight excluding hydrogens is 383 g/mol. The first kappa shape index (κ1) is 24.2.